The van der Waals surface area contributed by atoms with E-state index in [4.69, 9.17) is 0 Å². The number of carbonyl (C=O) groups excluding carboxylic acids is 1. The summed E-state index contributed by atoms with van der Waals surface area (Å²) < 4.78 is 2.16. The summed E-state index contributed by atoms with van der Waals surface area (Å²) in [6.45, 7) is 9.24. The zero-order valence-electron chi connectivity index (χ0n) is 15.0. The van der Waals surface area contributed by atoms with Gasteiger partial charge in [-0.1, -0.05) is 22.7 Å². The molecule has 0 unspecified atom stereocenters. The topological polar surface area (TPSA) is 64.6 Å². The Morgan fingerprint density at radius 1 is 0.926 bits per heavy atom. The van der Waals surface area contributed by atoms with E-state index in [2.05, 4.69) is 56.9 Å². The Morgan fingerprint density at radius 3 is 1.81 bits per heavy atom. The molecule has 2 aliphatic rings. The first-order valence-electron chi connectivity index (χ1n) is 8.71. The quantitative estimate of drug-likeness (QED) is 0.635. The van der Waals surface area contributed by atoms with E-state index in [-0.39, 0.29) is 5.91 Å². The average Bonchev–Trinajstić information content (AvgIpc) is 3.31. The molecule has 0 atom stereocenters. The Labute approximate surface area is 184 Å². The molecule has 2 aromatic rings. The molecule has 0 aromatic carbocycles. The predicted molar refractivity (Wildman–Crippen MR) is 119 cm³/mol. The normalized spacial score (nSPS) is 17.5. The van der Waals surface area contributed by atoms with Crippen LogP contribution in [0, 0.1) is 0 Å². The third-order valence-electron chi connectivity index (χ3n) is 4.31. The maximum absolute atomic E-state index is 11.1. The number of thiazole rings is 2. The zero-order chi connectivity index (χ0) is 19.2. The van der Waals surface area contributed by atoms with Crippen molar-refractivity contribution in [1.29, 1.82) is 0 Å². The van der Waals surface area contributed by atoms with Crippen LogP contribution in [0.4, 0.5) is 10.3 Å². The number of aromatic nitrogens is 2. The number of amides is 1. The van der Waals surface area contributed by atoms with E-state index in [1.807, 2.05) is 17.3 Å². The van der Waals surface area contributed by atoms with Crippen LogP contribution in [0.2, 0.25) is 0 Å². The monoisotopic (exact) mass is 536 g/mol. The summed E-state index contributed by atoms with van der Waals surface area (Å²) in [6, 6.07) is 0. The summed E-state index contributed by atoms with van der Waals surface area (Å²) >= 11 is 10.1. The van der Waals surface area contributed by atoms with Crippen LogP contribution < -0.4 is 15.1 Å². The van der Waals surface area contributed by atoms with Gasteiger partial charge in [0.1, 0.15) is 0 Å². The van der Waals surface area contributed by atoms with E-state index >= 15 is 0 Å². The van der Waals surface area contributed by atoms with Crippen LogP contribution in [0.5, 0.6) is 0 Å². The second-order valence-electron chi connectivity index (χ2n) is 6.12. The molecule has 4 heterocycles. The minimum atomic E-state index is 0.162. The van der Waals surface area contributed by atoms with Gasteiger partial charge >= 0.3 is 0 Å². The van der Waals surface area contributed by atoms with Crippen molar-refractivity contribution < 1.29 is 4.79 Å². The minimum absolute atomic E-state index is 0.162. The highest BCUT2D eigenvalue weighted by molar-refractivity contribution is 9.11. The largest absolute Gasteiger partial charge is 0.346 e. The fraction of sp³-hybridized carbons (Fsp3) is 0.562. The molecular weight excluding hydrogens is 516 g/mol. The van der Waals surface area contributed by atoms with Gasteiger partial charge < -0.3 is 20.0 Å². The molecule has 0 aliphatic carbocycles. The van der Waals surface area contributed by atoms with Crippen molar-refractivity contribution in [1.82, 2.24) is 20.2 Å². The van der Waals surface area contributed by atoms with Crippen LogP contribution in [-0.4, -0.2) is 73.1 Å². The van der Waals surface area contributed by atoms with Gasteiger partial charge in [-0.25, -0.2) is 9.97 Å². The summed E-state index contributed by atoms with van der Waals surface area (Å²) in [7, 11) is 0. The fourth-order valence-electron chi connectivity index (χ4n) is 2.85. The Hall–Kier alpha value is -0.750. The number of nitrogens with one attached hydrogen (secondary N) is 1. The second-order valence-corrected chi connectivity index (χ2v) is 10.9. The van der Waals surface area contributed by atoms with Crippen molar-refractivity contribution in [2.24, 2.45) is 0 Å². The van der Waals surface area contributed by atoms with E-state index < -0.39 is 0 Å². The number of rotatable bonds is 2. The molecule has 0 bridgehead atoms. The van der Waals surface area contributed by atoms with E-state index in [9.17, 15) is 4.79 Å². The third-order valence-corrected chi connectivity index (χ3v) is 7.39. The Balaban J connectivity index is 0.000000159. The van der Waals surface area contributed by atoms with Crippen molar-refractivity contribution in [2.45, 2.75) is 6.92 Å². The minimum Gasteiger partial charge on any atom is -0.346 e. The summed E-state index contributed by atoms with van der Waals surface area (Å²) in [5, 5.41) is 5.48. The maximum atomic E-state index is 11.1. The highest BCUT2D eigenvalue weighted by atomic mass is 79.9. The van der Waals surface area contributed by atoms with Gasteiger partial charge in [0.05, 0.1) is 20.0 Å². The smallest absolute Gasteiger partial charge is 0.219 e. The van der Waals surface area contributed by atoms with E-state index in [0.717, 1.165) is 70.2 Å². The SMILES string of the molecule is Brc1cnc(N2CCNCC2)s1.CC(=O)N1CCN(c2ncc(Br)s2)CC1. The lowest BCUT2D eigenvalue weighted by Crippen LogP contribution is -2.48. The molecule has 7 nitrogen and oxygen atoms in total. The van der Waals surface area contributed by atoms with Gasteiger partial charge in [-0.15, -0.1) is 0 Å². The fourth-order valence-corrected chi connectivity index (χ4v) is 5.32. The van der Waals surface area contributed by atoms with Gasteiger partial charge in [-0.3, -0.25) is 4.79 Å². The molecule has 0 spiro atoms. The average molecular weight is 538 g/mol. The number of piperazine rings is 2. The second kappa shape index (κ2) is 10.1. The van der Waals surface area contributed by atoms with Crippen LogP contribution in [0.15, 0.2) is 20.0 Å². The standard InChI is InChI=1S/C9H12BrN3OS.C7H10BrN3S/c1-7(14)12-2-4-13(5-3-12)9-11-6-8(10)15-9;8-6-5-10-7(12-6)11-3-1-9-2-4-11/h6H,2-5H2,1H3;5,9H,1-4H2. The molecule has 1 amide bonds. The van der Waals surface area contributed by atoms with Crippen LogP contribution >= 0.6 is 54.5 Å². The first-order valence-corrected chi connectivity index (χ1v) is 11.9. The number of hydrogen-bond donors (Lipinski definition) is 1. The van der Waals surface area contributed by atoms with Crippen molar-refractivity contribution in [2.75, 3.05) is 62.2 Å². The number of halogens is 2. The third kappa shape index (κ3) is 6.11. The lowest BCUT2D eigenvalue weighted by Gasteiger charge is -2.33. The van der Waals surface area contributed by atoms with E-state index in [0.29, 0.717) is 0 Å². The van der Waals surface area contributed by atoms with Crippen LogP contribution in [-0.2, 0) is 4.79 Å². The number of hydrogen-bond acceptors (Lipinski definition) is 8. The Morgan fingerprint density at radius 2 is 1.41 bits per heavy atom. The van der Waals surface area contributed by atoms with Crippen molar-refractivity contribution >= 4 is 70.7 Å². The molecule has 2 fully saturated rings. The van der Waals surface area contributed by atoms with Gasteiger partial charge in [-0.2, -0.15) is 0 Å². The van der Waals surface area contributed by atoms with Gasteiger partial charge in [0.2, 0.25) is 5.91 Å². The molecule has 2 aromatic heterocycles. The van der Waals surface area contributed by atoms with Gasteiger partial charge in [0.25, 0.3) is 0 Å². The number of nitrogens with zero attached hydrogens (tertiary/aromatic N) is 5. The summed E-state index contributed by atoms with van der Waals surface area (Å²) in [6.07, 6.45) is 3.68. The van der Waals surface area contributed by atoms with Crippen molar-refractivity contribution in [3.8, 4) is 0 Å². The zero-order valence-corrected chi connectivity index (χ0v) is 19.8. The molecule has 2 aliphatic heterocycles. The lowest BCUT2D eigenvalue weighted by molar-refractivity contribution is -0.129. The molecule has 2 saturated heterocycles. The predicted octanol–water partition coefficient (Wildman–Crippen LogP) is 2.89. The van der Waals surface area contributed by atoms with Crippen LogP contribution in [0.25, 0.3) is 0 Å². The Kier molecular flexibility index (Phi) is 7.88. The molecule has 11 heteroatoms. The molecule has 4 rings (SSSR count). The highest BCUT2D eigenvalue weighted by Gasteiger charge is 2.20. The number of carbonyl (C=O) groups is 1. The van der Waals surface area contributed by atoms with Crippen LogP contribution in [0.3, 0.4) is 0 Å². The van der Waals surface area contributed by atoms with Crippen molar-refractivity contribution in [3.63, 3.8) is 0 Å². The first kappa shape index (κ1) is 21.0. The molecule has 0 radical (unpaired) electrons. The maximum Gasteiger partial charge on any atom is 0.219 e. The van der Waals surface area contributed by atoms with Crippen LogP contribution in [0.1, 0.15) is 6.92 Å². The first-order chi connectivity index (χ1) is 13.0. The summed E-state index contributed by atoms with van der Waals surface area (Å²) in [5.41, 5.74) is 0. The van der Waals surface area contributed by atoms with Gasteiger partial charge in [0.15, 0.2) is 10.3 Å². The van der Waals surface area contributed by atoms with Gasteiger partial charge in [-0.05, 0) is 31.9 Å². The number of anilines is 2. The van der Waals surface area contributed by atoms with Crippen molar-refractivity contribution in [3.05, 3.63) is 20.0 Å². The summed E-state index contributed by atoms with van der Waals surface area (Å²) in [5.74, 6) is 0.162. The van der Waals surface area contributed by atoms with Gasteiger partial charge in [0, 0.05) is 59.3 Å². The van der Waals surface area contributed by atoms with E-state index in [1.165, 1.54) is 0 Å². The lowest BCUT2D eigenvalue weighted by atomic mass is 10.3. The molecule has 0 saturated carbocycles. The molecular formula is C16H22Br2N6OS2. The molecule has 1 N–H and O–H groups in total. The summed E-state index contributed by atoms with van der Waals surface area (Å²) in [4.78, 5) is 26.1. The Bertz CT molecular complexity index is 741. The molecule has 27 heavy (non-hydrogen) atoms. The van der Waals surface area contributed by atoms with E-state index in [1.54, 1.807) is 29.6 Å². The highest BCUT2D eigenvalue weighted by Crippen LogP contribution is 2.27. The molecule has 148 valence electrons.